The van der Waals surface area contributed by atoms with E-state index in [-0.39, 0.29) is 12.2 Å². The van der Waals surface area contributed by atoms with E-state index in [2.05, 4.69) is 15.0 Å². The summed E-state index contributed by atoms with van der Waals surface area (Å²) in [6.07, 6.45) is 2.63. The molecule has 0 saturated carbocycles. The molecule has 7 nitrogen and oxygen atoms in total. The second-order valence-corrected chi connectivity index (χ2v) is 5.45. The van der Waals surface area contributed by atoms with E-state index in [1.165, 1.54) is 18.1 Å². The number of carbonyl (C=O) groups excluding carboxylic acids is 1. The molecule has 3 rings (SSSR count). The molecule has 1 fully saturated rings. The molecular formula is C11H11ClN4O3S. The Bertz CT molecular complexity index is 650. The highest BCUT2D eigenvalue weighted by atomic mass is 35.5. The second kappa shape index (κ2) is 5.55. The molecule has 0 bridgehead atoms. The average molecular weight is 315 g/mol. The largest absolute Gasteiger partial charge is 0.463 e. The Balaban J connectivity index is 1.83. The first-order valence-electron chi connectivity index (χ1n) is 5.97. The molecule has 1 saturated heterocycles. The molecule has 0 radical (unpaired) electrons. The first-order chi connectivity index (χ1) is 9.70. The highest BCUT2D eigenvalue weighted by molar-refractivity contribution is 8.00. The Hall–Kier alpha value is -1.38. The number of halogens is 1. The van der Waals surface area contributed by atoms with E-state index in [0.29, 0.717) is 28.7 Å². The Morgan fingerprint density at radius 1 is 1.60 bits per heavy atom. The molecule has 0 amide bonds. The maximum Gasteiger partial charge on any atom is 0.345 e. The number of rotatable bonds is 3. The van der Waals surface area contributed by atoms with Crippen molar-refractivity contribution in [3.8, 4) is 0 Å². The topological polar surface area (TPSA) is 79.1 Å². The molecule has 0 spiro atoms. The number of nitrogens with zero attached hydrogens (tertiary/aromatic N) is 4. The Morgan fingerprint density at radius 3 is 3.25 bits per heavy atom. The lowest BCUT2D eigenvalue weighted by atomic mass is 10.5. The quantitative estimate of drug-likeness (QED) is 0.629. The standard InChI is InChI=1S/C11H11ClN4O3S/c1-2-18-10(17)11-19-6(3-20-11)16-5-15-7-8(12)13-4-14-9(7)16/h4-6,11H,2-3H2,1H3/t6-,11-/m0/s1. The van der Waals surface area contributed by atoms with Crippen molar-refractivity contribution in [2.45, 2.75) is 18.6 Å². The number of esters is 1. The fourth-order valence-corrected chi connectivity index (χ4v) is 3.07. The number of fused-ring (bicyclic) bond motifs is 1. The number of hydrogen-bond donors (Lipinski definition) is 0. The summed E-state index contributed by atoms with van der Waals surface area (Å²) >= 11 is 7.34. The first kappa shape index (κ1) is 13.6. The third-order valence-electron chi connectivity index (χ3n) is 2.77. The van der Waals surface area contributed by atoms with Gasteiger partial charge in [-0.15, -0.1) is 11.8 Å². The normalized spacial score (nSPS) is 22.3. The molecule has 0 unspecified atom stereocenters. The predicted molar refractivity (Wildman–Crippen MR) is 73.3 cm³/mol. The second-order valence-electron chi connectivity index (χ2n) is 4.00. The smallest absolute Gasteiger partial charge is 0.345 e. The minimum Gasteiger partial charge on any atom is -0.463 e. The van der Waals surface area contributed by atoms with Crippen LogP contribution in [-0.2, 0) is 14.3 Å². The maximum atomic E-state index is 11.6. The van der Waals surface area contributed by atoms with E-state index in [1.807, 2.05) is 0 Å². The van der Waals surface area contributed by atoms with Gasteiger partial charge in [0.25, 0.3) is 0 Å². The van der Waals surface area contributed by atoms with Crippen LogP contribution in [0.1, 0.15) is 13.2 Å². The van der Waals surface area contributed by atoms with Crippen molar-refractivity contribution in [3.05, 3.63) is 17.8 Å². The van der Waals surface area contributed by atoms with Crippen LogP contribution >= 0.6 is 23.4 Å². The highest BCUT2D eigenvalue weighted by Crippen LogP contribution is 2.34. The van der Waals surface area contributed by atoms with Gasteiger partial charge in [0.05, 0.1) is 12.9 Å². The molecule has 20 heavy (non-hydrogen) atoms. The van der Waals surface area contributed by atoms with Crippen LogP contribution in [0, 0.1) is 0 Å². The molecule has 0 aromatic carbocycles. The van der Waals surface area contributed by atoms with Gasteiger partial charge in [-0.3, -0.25) is 4.57 Å². The van der Waals surface area contributed by atoms with E-state index in [1.54, 1.807) is 17.8 Å². The van der Waals surface area contributed by atoms with Gasteiger partial charge in [0.1, 0.15) is 18.1 Å². The Kier molecular flexibility index (Phi) is 3.77. The van der Waals surface area contributed by atoms with Gasteiger partial charge in [-0.25, -0.2) is 19.7 Å². The fraction of sp³-hybridized carbons (Fsp3) is 0.455. The molecular weight excluding hydrogens is 304 g/mol. The van der Waals surface area contributed by atoms with Crippen LogP contribution in [-0.4, -0.2) is 43.3 Å². The van der Waals surface area contributed by atoms with Gasteiger partial charge in [-0.1, -0.05) is 11.6 Å². The minimum absolute atomic E-state index is 0.293. The van der Waals surface area contributed by atoms with Crippen LogP contribution in [0.2, 0.25) is 5.15 Å². The van der Waals surface area contributed by atoms with Crippen LogP contribution in [0.5, 0.6) is 0 Å². The van der Waals surface area contributed by atoms with Crippen LogP contribution in [0.3, 0.4) is 0 Å². The van der Waals surface area contributed by atoms with Crippen molar-refractivity contribution >= 4 is 40.5 Å². The Morgan fingerprint density at radius 2 is 2.45 bits per heavy atom. The van der Waals surface area contributed by atoms with E-state index >= 15 is 0 Å². The first-order valence-corrected chi connectivity index (χ1v) is 7.40. The number of imidazole rings is 1. The third-order valence-corrected chi connectivity index (χ3v) is 4.13. The molecule has 0 aliphatic carbocycles. The average Bonchev–Trinajstić information content (AvgIpc) is 3.05. The van der Waals surface area contributed by atoms with E-state index in [0.717, 1.165) is 0 Å². The lowest BCUT2D eigenvalue weighted by Crippen LogP contribution is -2.21. The molecule has 106 valence electrons. The molecule has 2 aromatic rings. The molecule has 1 aliphatic rings. The lowest BCUT2D eigenvalue weighted by molar-refractivity contribution is -0.153. The van der Waals surface area contributed by atoms with Crippen LogP contribution < -0.4 is 0 Å². The van der Waals surface area contributed by atoms with Crippen LogP contribution in [0.25, 0.3) is 11.2 Å². The van der Waals surface area contributed by atoms with Crippen molar-refractivity contribution < 1.29 is 14.3 Å². The highest BCUT2D eigenvalue weighted by Gasteiger charge is 2.34. The summed E-state index contributed by atoms with van der Waals surface area (Å²) in [7, 11) is 0. The number of ether oxygens (including phenoxy) is 2. The van der Waals surface area contributed by atoms with Gasteiger partial charge in [-0.2, -0.15) is 0 Å². The summed E-state index contributed by atoms with van der Waals surface area (Å²) in [5.74, 6) is 0.244. The van der Waals surface area contributed by atoms with Crippen molar-refractivity contribution in [1.82, 2.24) is 19.5 Å². The molecule has 0 N–H and O–H groups in total. The van der Waals surface area contributed by atoms with Gasteiger partial charge in [0, 0.05) is 5.75 Å². The maximum absolute atomic E-state index is 11.6. The molecule has 9 heteroatoms. The zero-order valence-corrected chi connectivity index (χ0v) is 12.1. The summed E-state index contributed by atoms with van der Waals surface area (Å²) in [6.45, 7) is 2.10. The summed E-state index contributed by atoms with van der Waals surface area (Å²) in [5.41, 5.74) is 0.483. The summed E-state index contributed by atoms with van der Waals surface area (Å²) in [6, 6.07) is 0. The Labute approximate surface area is 123 Å². The van der Waals surface area contributed by atoms with E-state index < -0.39 is 5.44 Å². The number of thioether (sulfide) groups is 1. The molecule has 2 aromatic heterocycles. The zero-order valence-electron chi connectivity index (χ0n) is 10.5. The molecule has 2 atom stereocenters. The van der Waals surface area contributed by atoms with Crippen molar-refractivity contribution in [2.24, 2.45) is 0 Å². The van der Waals surface area contributed by atoms with Crippen LogP contribution in [0.4, 0.5) is 0 Å². The van der Waals surface area contributed by atoms with Crippen molar-refractivity contribution in [3.63, 3.8) is 0 Å². The fourth-order valence-electron chi connectivity index (χ4n) is 1.90. The van der Waals surface area contributed by atoms with Gasteiger partial charge >= 0.3 is 5.97 Å². The van der Waals surface area contributed by atoms with Gasteiger partial charge in [0.2, 0.25) is 5.44 Å². The van der Waals surface area contributed by atoms with Gasteiger partial charge in [-0.05, 0) is 6.92 Å². The number of aromatic nitrogens is 4. The van der Waals surface area contributed by atoms with Crippen molar-refractivity contribution in [2.75, 3.05) is 12.4 Å². The van der Waals surface area contributed by atoms with E-state index in [9.17, 15) is 4.79 Å². The van der Waals surface area contributed by atoms with Crippen LogP contribution in [0.15, 0.2) is 12.7 Å². The SMILES string of the molecule is CCOC(=O)[C@H]1O[C@H](n2cnc3c(Cl)ncnc32)CS1. The van der Waals surface area contributed by atoms with Gasteiger partial charge < -0.3 is 9.47 Å². The summed E-state index contributed by atoms with van der Waals surface area (Å²) in [5, 5.41) is 0.293. The van der Waals surface area contributed by atoms with E-state index in [4.69, 9.17) is 21.1 Å². The number of carbonyl (C=O) groups is 1. The molecule has 3 heterocycles. The molecule has 1 aliphatic heterocycles. The monoisotopic (exact) mass is 314 g/mol. The lowest BCUT2D eigenvalue weighted by Gasteiger charge is -2.13. The number of hydrogen-bond acceptors (Lipinski definition) is 7. The predicted octanol–water partition coefficient (Wildman–Crippen LogP) is 1.63. The van der Waals surface area contributed by atoms with Gasteiger partial charge in [0.15, 0.2) is 10.8 Å². The third kappa shape index (κ3) is 2.34. The summed E-state index contributed by atoms with van der Waals surface area (Å²) < 4.78 is 12.4. The minimum atomic E-state index is -0.616. The summed E-state index contributed by atoms with van der Waals surface area (Å²) in [4.78, 5) is 23.8. The van der Waals surface area contributed by atoms with Crippen molar-refractivity contribution in [1.29, 1.82) is 0 Å². The zero-order chi connectivity index (χ0) is 14.1.